The molecule has 1 aliphatic rings. The standard InChI is InChI=1S/C15H19ClFNO3/c1-10(11-2-3-14(17)13(16)8-11)18-6-4-12(5-7-18)21-9-15(19)20/h2-3,8,10,12H,4-7,9H2,1H3,(H,19,20). The van der Waals surface area contributed by atoms with Crippen LogP contribution in [-0.2, 0) is 9.53 Å². The third kappa shape index (κ3) is 4.40. The number of piperidine rings is 1. The normalized spacial score (nSPS) is 18.6. The maximum atomic E-state index is 13.2. The van der Waals surface area contributed by atoms with Crippen LogP contribution >= 0.6 is 11.6 Å². The van der Waals surface area contributed by atoms with Crippen molar-refractivity contribution in [2.45, 2.75) is 31.9 Å². The van der Waals surface area contributed by atoms with Gasteiger partial charge in [0.05, 0.1) is 11.1 Å². The first-order valence-corrected chi connectivity index (χ1v) is 7.37. The van der Waals surface area contributed by atoms with Crippen molar-refractivity contribution in [1.29, 1.82) is 0 Å². The second-order valence-electron chi connectivity index (χ2n) is 5.29. The van der Waals surface area contributed by atoms with Crippen LogP contribution in [0.1, 0.15) is 31.4 Å². The molecule has 0 radical (unpaired) electrons. The van der Waals surface area contributed by atoms with Gasteiger partial charge in [0.2, 0.25) is 0 Å². The summed E-state index contributed by atoms with van der Waals surface area (Å²) in [5.41, 5.74) is 0.978. The highest BCUT2D eigenvalue weighted by Crippen LogP contribution is 2.27. The molecule has 0 aromatic heterocycles. The van der Waals surface area contributed by atoms with Crippen molar-refractivity contribution >= 4 is 17.6 Å². The third-order valence-electron chi connectivity index (χ3n) is 3.89. The van der Waals surface area contributed by atoms with Crippen LogP contribution in [0, 0.1) is 5.82 Å². The molecule has 0 aliphatic carbocycles. The van der Waals surface area contributed by atoms with Crippen LogP contribution in [0.4, 0.5) is 4.39 Å². The molecule has 0 saturated carbocycles. The lowest BCUT2D eigenvalue weighted by atomic mass is 10.0. The maximum Gasteiger partial charge on any atom is 0.329 e. The molecule has 1 aliphatic heterocycles. The zero-order valence-corrected chi connectivity index (χ0v) is 12.6. The largest absolute Gasteiger partial charge is 0.480 e. The molecule has 1 heterocycles. The number of benzene rings is 1. The Bertz CT molecular complexity index is 504. The summed E-state index contributed by atoms with van der Waals surface area (Å²) in [5.74, 6) is -1.35. The monoisotopic (exact) mass is 315 g/mol. The minimum atomic E-state index is -0.938. The van der Waals surface area contributed by atoms with Gasteiger partial charge in [-0.3, -0.25) is 4.90 Å². The fraction of sp³-hybridized carbons (Fsp3) is 0.533. The molecule has 21 heavy (non-hydrogen) atoms. The number of aliphatic carboxylic acids is 1. The molecular weight excluding hydrogens is 297 g/mol. The van der Waals surface area contributed by atoms with Gasteiger partial charge in [0.1, 0.15) is 12.4 Å². The molecular formula is C15H19ClFNO3. The van der Waals surface area contributed by atoms with Gasteiger partial charge < -0.3 is 9.84 Å². The van der Waals surface area contributed by atoms with E-state index < -0.39 is 11.8 Å². The highest BCUT2D eigenvalue weighted by atomic mass is 35.5. The van der Waals surface area contributed by atoms with Crippen molar-refractivity contribution in [2.24, 2.45) is 0 Å². The van der Waals surface area contributed by atoms with Crippen molar-refractivity contribution in [2.75, 3.05) is 19.7 Å². The SMILES string of the molecule is CC(c1ccc(F)c(Cl)c1)N1CCC(OCC(=O)O)CC1. The second kappa shape index (κ2) is 7.20. The van der Waals surface area contributed by atoms with E-state index in [0.717, 1.165) is 31.5 Å². The van der Waals surface area contributed by atoms with E-state index in [0.29, 0.717) is 0 Å². The van der Waals surface area contributed by atoms with Crippen LogP contribution in [-0.4, -0.2) is 41.8 Å². The number of hydrogen-bond acceptors (Lipinski definition) is 3. The van der Waals surface area contributed by atoms with Crippen LogP contribution in [0.2, 0.25) is 5.02 Å². The number of carboxylic acid groups (broad SMARTS) is 1. The molecule has 6 heteroatoms. The number of hydrogen-bond donors (Lipinski definition) is 1. The van der Waals surface area contributed by atoms with E-state index in [1.54, 1.807) is 12.1 Å². The van der Waals surface area contributed by atoms with Gasteiger partial charge in [-0.05, 0) is 37.5 Å². The lowest BCUT2D eigenvalue weighted by Crippen LogP contribution is -2.39. The van der Waals surface area contributed by atoms with E-state index in [4.69, 9.17) is 21.4 Å². The molecule has 1 aromatic rings. The number of rotatable bonds is 5. The molecule has 2 rings (SSSR count). The Kier molecular flexibility index (Phi) is 5.56. The van der Waals surface area contributed by atoms with Crippen LogP contribution in [0.3, 0.4) is 0 Å². The molecule has 116 valence electrons. The van der Waals surface area contributed by atoms with Gasteiger partial charge >= 0.3 is 5.97 Å². The van der Waals surface area contributed by atoms with Gasteiger partial charge in [-0.2, -0.15) is 0 Å². The summed E-state index contributed by atoms with van der Waals surface area (Å²) in [6.07, 6.45) is 1.60. The van der Waals surface area contributed by atoms with E-state index in [1.165, 1.54) is 6.07 Å². The van der Waals surface area contributed by atoms with Crippen LogP contribution in [0.5, 0.6) is 0 Å². The predicted molar refractivity (Wildman–Crippen MR) is 78.0 cm³/mol. The number of likely N-dealkylation sites (tertiary alicyclic amines) is 1. The smallest absolute Gasteiger partial charge is 0.329 e. The summed E-state index contributed by atoms with van der Waals surface area (Å²) in [7, 11) is 0. The summed E-state index contributed by atoms with van der Waals surface area (Å²) < 4.78 is 18.5. The average Bonchev–Trinajstić information content (AvgIpc) is 2.48. The van der Waals surface area contributed by atoms with Crippen molar-refractivity contribution in [1.82, 2.24) is 4.90 Å². The summed E-state index contributed by atoms with van der Waals surface area (Å²) >= 11 is 5.82. The minimum absolute atomic E-state index is 0.00126. The Morgan fingerprint density at radius 3 is 2.76 bits per heavy atom. The summed E-state index contributed by atoms with van der Waals surface area (Å²) in [6, 6.07) is 4.94. The van der Waals surface area contributed by atoms with Crippen LogP contribution < -0.4 is 0 Å². The number of nitrogens with zero attached hydrogens (tertiary/aromatic N) is 1. The Labute approximate surface area is 128 Å². The summed E-state index contributed by atoms with van der Waals surface area (Å²) in [5, 5.41) is 8.74. The Hall–Kier alpha value is -1.17. The molecule has 1 aromatic carbocycles. The number of halogens is 2. The highest BCUT2D eigenvalue weighted by molar-refractivity contribution is 6.30. The van der Waals surface area contributed by atoms with Crippen molar-refractivity contribution in [3.05, 3.63) is 34.6 Å². The lowest BCUT2D eigenvalue weighted by Gasteiger charge is -2.36. The van der Waals surface area contributed by atoms with Gasteiger partial charge in [-0.15, -0.1) is 0 Å². The lowest BCUT2D eigenvalue weighted by molar-refractivity contribution is -0.145. The van der Waals surface area contributed by atoms with E-state index in [1.807, 2.05) is 0 Å². The molecule has 1 N–H and O–H groups in total. The predicted octanol–water partition coefficient (Wildman–Crippen LogP) is 3.11. The van der Waals surface area contributed by atoms with E-state index in [-0.39, 0.29) is 23.8 Å². The molecule has 0 amide bonds. The second-order valence-corrected chi connectivity index (χ2v) is 5.70. The third-order valence-corrected chi connectivity index (χ3v) is 4.18. The molecule has 1 saturated heterocycles. The van der Waals surface area contributed by atoms with Gasteiger partial charge in [-0.25, -0.2) is 9.18 Å². The Morgan fingerprint density at radius 2 is 2.19 bits per heavy atom. The van der Waals surface area contributed by atoms with Gasteiger partial charge in [0, 0.05) is 19.1 Å². The zero-order valence-electron chi connectivity index (χ0n) is 11.9. The van der Waals surface area contributed by atoms with Crippen LogP contribution in [0.15, 0.2) is 18.2 Å². The first-order valence-electron chi connectivity index (χ1n) is 6.99. The number of ether oxygens (including phenoxy) is 1. The molecule has 4 nitrogen and oxygen atoms in total. The fourth-order valence-electron chi connectivity index (χ4n) is 2.60. The molecule has 0 spiro atoms. The van der Waals surface area contributed by atoms with Crippen molar-refractivity contribution < 1.29 is 19.0 Å². The van der Waals surface area contributed by atoms with Crippen LogP contribution in [0.25, 0.3) is 0 Å². The van der Waals surface area contributed by atoms with Crippen molar-refractivity contribution in [3.8, 4) is 0 Å². The minimum Gasteiger partial charge on any atom is -0.480 e. The first-order chi connectivity index (χ1) is 9.97. The highest BCUT2D eigenvalue weighted by Gasteiger charge is 2.24. The Morgan fingerprint density at radius 1 is 1.52 bits per heavy atom. The Balaban J connectivity index is 1.89. The fourth-order valence-corrected chi connectivity index (χ4v) is 2.79. The van der Waals surface area contributed by atoms with Gasteiger partial charge in [-0.1, -0.05) is 17.7 Å². The summed E-state index contributed by atoms with van der Waals surface area (Å²) in [4.78, 5) is 12.7. The van der Waals surface area contributed by atoms with Crippen molar-refractivity contribution in [3.63, 3.8) is 0 Å². The molecule has 0 bridgehead atoms. The average molecular weight is 316 g/mol. The number of carbonyl (C=O) groups is 1. The van der Waals surface area contributed by atoms with E-state index >= 15 is 0 Å². The quantitative estimate of drug-likeness (QED) is 0.907. The maximum absolute atomic E-state index is 13.2. The first kappa shape index (κ1) is 16.2. The molecule has 1 fully saturated rings. The topological polar surface area (TPSA) is 49.8 Å². The molecule has 1 atom stereocenters. The van der Waals surface area contributed by atoms with E-state index in [9.17, 15) is 9.18 Å². The van der Waals surface area contributed by atoms with E-state index in [2.05, 4.69) is 11.8 Å². The summed E-state index contributed by atoms with van der Waals surface area (Å²) in [6.45, 7) is 3.46. The zero-order chi connectivity index (χ0) is 15.4. The van der Waals surface area contributed by atoms with Gasteiger partial charge in [0.25, 0.3) is 0 Å². The molecule has 1 unspecified atom stereocenters. The van der Waals surface area contributed by atoms with Gasteiger partial charge in [0.15, 0.2) is 0 Å². The number of carboxylic acids is 1.